The van der Waals surface area contributed by atoms with Crippen LogP contribution in [0.15, 0.2) is 0 Å². The van der Waals surface area contributed by atoms with E-state index in [1.807, 2.05) is 0 Å². The molecule has 1 rings (SSSR count). The average Bonchev–Trinajstić information content (AvgIpc) is 1.68. The third-order valence-corrected chi connectivity index (χ3v) is 1.08. The molecule has 2 N–H and O–H groups in total. The van der Waals surface area contributed by atoms with Crippen LogP contribution in [0.1, 0.15) is 6.92 Å². The van der Waals surface area contributed by atoms with Gasteiger partial charge in [0.05, 0.1) is 0 Å². The van der Waals surface area contributed by atoms with E-state index in [9.17, 15) is 4.79 Å². The van der Waals surface area contributed by atoms with Gasteiger partial charge in [0.1, 0.15) is 12.1 Å². The summed E-state index contributed by atoms with van der Waals surface area (Å²) in [5, 5.41) is 0. The first-order valence-corrected chi connectivity index (χ1v) is 2.18. The van der Waals surface area contributed by atoms with Gasteiger partial charge >= 0.3 is 5.97 Å². The molecule has 0 aliphatic carbocycles. The van der Waals surface area contributed by atoms with E-state index in [0.717, 1.165) is 0 Å². The zero-order valence-electron chi connectivity index (χ0n) is 4.05. The molecule has 1 saturated heterocycles. The van der Waals surface area contributed by atoms with E-state index in [0.29, 0.717) is 0 Å². The first-order chi connectivity index (χ1) is 3.22. The zero-order chi connectivity index (χ0) is 5.44. The summed E-state index contributed by atoms with van der Waals surface area (Å²) in [6.07, 6.45) is -0.0625. The molecule has 0 aromatic carbocycles. The van der Waals surface area contributed by atoms with Gasteiger partial charge < -0.3 is 10.5 Å². The second kappa shape index (κ2) is 1.20. The first-order valence-electron chi connectivity index (χ1n) is 2.18. The van der Waals surface area contributed by atoms with Gasteiger partial charge in [-0.1, -0.05) is 0 Å². The van der Waals surface area contributed by atoms with Crippen molar-refractivity contribution in [3.8, 4) is 0 Å². The molecule has 1 fully saturated rings. The molecule has 0 aromatic heterocycles. The normalized spacial score (nSPS) is 39.4. The van der Waals surface area contributed by atoms with Gasteiger partial charge in [-0.25, -0.2) is 0 Å². The predicted octanol–water partition coefficient (Wildman–Crippen LogP) is -0.741. The molecule has 7 heavy (non-hydrogen) atoms. The molecule has 3 heteroatoms. The Balaban J connectivity index is 2.43. The fraction of sp³-hybridized carbons (Fsp3) is 0.750. The summed E-state index contributed by atoms with van der Waals surface area (Å²) in [4.78, 5) is 10.1. The van der Waals surface area contributed by atoms with Crippen molar-refractivity contribution >= 4 is 5.97 Å². The minimum absolute atomic E-state index is 0.0625. The monoisotopic (exact) mass is 101 g/mol. The summed E-state index contributed by atoms with van der Waals surface area (Å²) >= 11 is 0. The van der Waals surface area contributed by atoms with Crippen LogP contribution in [-0.2, 0) is 9.53 Å². The van der Waals surface area contributed by atoms with Crippen LogP contribution in [0.5, 0.6) is 0 Å². The number of ether oxygens (including phenoxy) is 1. The number of nitrogens with two attached hydrogens (primary N) is 1. The maximum atomic E-state index is 10.1. The molecule has 3 nitrogen and oxygen atoms in total. The molecule has 1 heterocycles. The third-order valence-electron chi connectivity index (χ3n) is 1.08. The zero-order valence-corrected chi connectivity index (χ0v) is 4.05. The molecule has 2 atom stereocenters. The number of carbonyl (C=O) groups excluding carboxylic acids is 1. The first kappa shape index (κ1) is 4.59. The molecule has 0 spiro atoms. The molecule has 1 aliphatic heterocycles. The predicted molar refractivity (Wildman–Crippen MR) is 23.5 cm³/mol. The fourth-order valence-corrected chi connectivity index (χ4v) is 0.454. The average molecular weight is 101 g/mol. The van der Waals surface area contributed by atoms with Gasteiger partial charge in [0.2, 0.25) is 0 Å². The molecule has 40 valence electrons. The minimum atomic E-state index is -0.361. The number of esters is 1. The van der Waals surface area contributed by atoms with Crippen LogP contribution in [0, 0.1) is 0 Å². The molecule has 0 unspecified atom stereocenters. The lowest BCUT2D eigenvalue weighted by Gasteiger charge is -2.28. The maximum absolute atomic E-state index is 10.1. The summed E-state index contributed by atoms with van der Waals surface area (Å²) in [6.45, 7) is 1.77. The number of carbonyl (C=O) groups is 1. The van der Waals surface area contributed by atoms with Crippen LogP contribution >= 0.6 is 0 Å². The van der Waals surface area contributed by atoms with Crippen molar-refractivity contribution in [2.24, 2.45) is 5.73 Å². The smallest absolute Gasteiger partial charge is 0.327 e. The van der Waals surface area contributed by atoms with Crippen molar-refractivity contribution in [2.75, 3.05) is 0 Å². The van der Waals surface area contributed by atoms with Crippen molar-refractivity contribution < 1.29 is 9.53 Å². The van der Waals surface area contributed by atoms with E-state index < -0.39 is 0 Å². The van der Waals surface area contributed by atoms with Gasteiger partial charge in [0.25, 0.3) is 0 Å². The molecular weight excluding hydrogens is 94.0 g/mol. The Bertz CT molecular complexity index is 102. The standard InChI is InChI=1S/C4H7NO2/c1-2-3(5)4(6)7-2/h2-3H,5H2,1H3/t2-,3+/m1/s1. The van der Waals surface area contributed by atoms with E-state index in [4.69, 9.17) is 5.73 Å². The van der Waals surface area contributed by atoms with Gasteiger partial charge in [0, 0.05) is 0 Å². The number of hydrogen-bond donors (Lipinski definition) is 1. The van der Waals surface area contributed by atoms with Gasteiger partial charge in [-0.05, 0) is 6.92 Å². The lowest BCUT2D eigenvalue weighted by atomic mass is 10.1. The molecular formula is C4H7NO2. The lowest BCUT2D eigenvalue weighted by Crippen LogP contribution is -2.54. The summed E-state index contributed by atoms with van der Waals surface area (Å²) in [5.41, 5.74) is 5.19. The van der Waals surface area contributed by atoms with E-state index >= 15 is 0 Å². The highest BCUT2D eigenvalue weighted by Gasteiger charge is 2.35. The molecule has 0 bridgehead atoms. The Morgan fingerprint density at radius 2 is 2.43 bits per heavy atom. The lowest BCUT2D eigenvalue weighted by molar-refractivity contribution is -0.171. The van der Waals surface area contributed by atoms with Crippen molar-refractivity contribution in [1.82, 2.24) is 0 Å². The number of rotatable bonds is 0. The Hall–Kier alpha value is -0.570. The highest BCUT2D eigenvalue weighted by atomic mass is 16.6. The van der Waals surface area contributed by atoms with Crippen LogP contribution in [0.25, 0.3) is 0 Å². The number of hydrogen-bond acceptors (Lipinski definition) is 3. The summed E-state index contributed by atoms with van der Waals surface area (Å²) in [7, 11) is 0. The molecule has 0 radical (unpaired) electrons. The van der Waals surface area contributed by atoms with E-state index in [2.05, 4.69) is 4.74 Å². The summed E-state index contributed by atoms with van der Waals surface area (Å²) in [6, 6.07) is -0.361. The van der Waals surface area contributed by atoms with Gasteiger partial charge in [0.15, 0.2) is 0 Å². The largest absolute Gasteiger partial charge is 0.459 e. The molecule has 0 amide bonds. The second-order valence-corrected chi connectivity index (χ2v) is 1.67. The van der Waals surface area contributed by atoms with Gasteiger partial charge in [-0.3, -0.25) is 4.79 Å². The Labute approximate surface area is 41.4 Å². The maximum Gasteiger partial charge on any atom is 0.327 e. The Morgan fingerprint density at radius 3 is 2.43 bits per heavy atom. The van der Waals surface area contributed by atoms with Crippen LogP contribution in [0.3, 0.4) is 0 Å². The Morgan fingerprint density at radius 1 is 1.86 bits per heavy atom. The van der Waals surface area contributed by atoms with Crippen molar-refractivity contribution in [1.29, 1.82) is 0 Å². The Kier molecular flexibility index (Phi) is 0.785. The van der Waals surface area contributed by atoms with Gasteiger partial charge in [-0.2, -0.15) is 0 Å². The van der Waals surface area contributed by atoms with Gasteiger partial charge in [-0.15, -0.1) is 0 Å². The molecule has 1 aliphatic rings. The second-order valence-electron chi connectivity index (χ2n) is 1.67. The molecule has 0 aromatic rings. The van der Waals surface area contributed by atoms with E-state index in [1.54, 1.807) is 6.92 Å². The topological polar surface area (TPSA) is 52.3 Å². The van der Waals surface area contributed by atoms with E-state index in [-0.39, 0.29) is 18.1 Å². The van der Waals surface area contributed by atoms with Crippen LogP contribution in [0.2, 0.25) is 0 Å². The van der Waals surface area contributed by atoms with Crippen molar-refractivity contribution in [3.63, 3.8) is 0 Å². The molecule has 0 saturated carbocycles. The minimum Gasteiger partial charge on any atom is -0.459 e. The summed E-state index contributed by atoms with van der Waals surface area (Å²) in [5.74, 6) is -0.285. The van der Waals surface area contributed by atoms with Crippen molar-refractivity contribution in [2.45, 2.75) is 19.1 Å². The highest BCUT2D eigenvalue weighted by molar-refractivity contribution is 5.81. The van der Waals surface area contributed by atoms with E-state index in [1.165, 1.54) is 0 Å². The SMILES string of the molecule is C[C@H]1OC(=O)[C@H]1N. The summed E-state index contributed by atoms with van der Waals surface area (Å²) < 4.78 is 4.49. The quantitative estimate of drug-likeness (QED) is 0.409. The third kappa shape index (κ3) is 0.489. The van der Waals surface area contributed by atoms with Crippen LogP contribution in [-0.4, -0.2) is 18.1 Å². The van der Waals surface area contributed by atoms with Crippen molar-refractivity contribution in [3.05, 3.63) is 0 Å². The van der Waals surface area contributed by atoms with Crippen LogP contribution in [0.4, 0.5) is 0 Å². The fourth-order valence-electron chi connectivity index (χ4n) is 0.454. The number of cyclic esters (lactones) is 1. The van der Waals surface area contributed by atoms with Crippen LogP contribution < -0.4 is 5.73 Å². The highest BCUT2D eigenvalue weighted by Crippen LogP contribution is 2.09.